The van der Waals surface area contributed by atoms with Gasteiger partial charge in [0, 0.05) is 13.1 Å². The Morgan fingerprint density at radius 1 is 1.13 bits per heavy atom. The van der Waals surface area contributed by atoms with Gasteiger partial charge in [0.25, 0.3) is 0 Å². The second-order valence-electron chi connectivity index (χ2n) is 6.45. The first-order valence-electron chi connectivity index (χ1n) is 8.45. The minimum absolute atomic E-state index is 0. The molecule has 5 heteroatoms. The second-order valence-corrected chi connectivity index (χ2v) is 6.45. The number of rotatable bonds is 7. The summed E-state index contributed by atoms with van der Waals surface area (Å²) in [5.74, 6) is 1.06. The maximum atomic E-state index is 12.1. The largest absolute Gasteiger partial charge is 0.373 e. The van der Waals surface area contributed by atoms with Gasteiger partial charge >= 0.3 is 0 Å². The normalized spacial score (nSPS) is 18.5. The molecule has 2 fully saturated rings. The van der Waals surface area contributed by atoms with Crippen molar-refractivity contribution in [3.8, 4) is 0 Å². The summed E-state index contributed by atoms with van der Waals surface area (Å²) in [6.07, 6.45) is 4.82. The van der Waals surface area contributed by atoms with Gasteiger partial charge in [-0.15, -0.1) is 12.4 Å². The van der Waals surface area contributed by atoms with E-state index in [1.165, 1.54) is 18.4 Å². The maximum absolute atomic E-state index is 12.1. The zero-order valence-electron chi connectivity index (χ0n) is 13.6. The molecule has 0 unspecified atom stereocenters. The molecule has 3 rings (SSSR count). The van der Waals surface area contributed by atoms with E-state index in [1.54, 1.807) is 0 Å². The minimum Gasteiger partial charge on any atom is -0.373 e. The quantitative estimate of drug-likeness (QED) is 0.831. The number of carbonyl (C=O) groups excluding carboxylic acids is 1. The average Bonchev–Trinajstić information content (AvgIpc) is 3.38. The van der Waals surface area contributed by atoms with E-state index in [2.05, 4.69) is 17.4 Å². The zero-order valence-corrected chi connectivity index (χ0v) is 14.4. The van der Waals surface area contributed by atoms with Crippen LogP contribution in [-0.2, 0) is 16.1 Å². The number of likely N-dealkylation sites (tertiary alicyclic amines) is 1. The molecule has 1 aliphatic heterocycles. The van der Waals surface area contributed by atoms with Crippen molar-refractivity contribution >= 4 is 18.3 Å². The van der Waals surface area contributed by atoms with Gasteiger partial charge in [-0.05, 0) is 43.7 Å². The van der Waals surface area contributed by atoms with E-state index in [9.17, 15) is 4.79 Å². The molecule has 1 N–H and O–H groups in total. The van der Waals surface area contributed by atoms with Gasteiger partial charge < -0.3 is 15.0 Å². The lowest BCUT2D eigenvalue weighted by Gasteiger charge is -2.32. The van der Waals surface area contributed by atoms with Crippen molar-refractivity contribution in [1.29, 1.82) is 0 Å². The van der Waals surface area contributed by atoms with Crippen molar-refractivity contribution in [2.75, 3.05) is 26.2 Å². The van der Waals surface area contributed by atoms with Gasteiger partial charge in [0.05, 0.1) is 19.3 Å². The average molecular weight is 339 g/mol. The van der Waals surface area contributed by atoms with Gasteiger partial charge in [0.15, 0.2) is 0 Å². The second kappa shape index (κ2) is 9.26. The standard InChI is InChI=1S/C18H26N2O2.ClH/c21-18(13-19-12-15-6-7-15)20-10-8-17(9-11-20)22-14-16-4-2-1-3-5-16;/h1-5,15,17,19H,6-14H2;1H. The fourth-order valence-electron chi connectivity index (χ4n) is 2.88. The number of hydrogen-bond acceptors (Lipinski definition) is 3. The highest BCUT2D eigenvalue weighted by atomic mass is 35.5. The maximum Gasteiger partial charge on any atom is 0.236 e. The van der Waals surface area contributed by atoms with E-state index in [1.807, 2.05) is 23.1 Å². The monoisotopic (exact) mass is 338 g/mol. The highest BCUT2D eigenvalue weighted by Gasteiger charge is 2.24. The Morgan fingerprint density at radius 2 is 1.83 bits per heavy atom. The van der Waals surface area contributed by atoms with Crippen LogP contribution in [0.2, 0.25) is 0 Å². The van der Waals surface area contributed by atoms with Gasteiger partial charge in [-0.2, -0.15) is 0 Å². The Balaban J connectivity index is 0.00000192. The highest BCUT2D eigenvalue weighted by Crippen LogP contribution is 2.27. The summed E-state index contributed by atoms with van der Waals surface area (Å²) in [6.45, 7) is 3.81. The van der Waals surface area contributed by atoms with Crippen LogP contribution >= 0.6 is 12.4 Å². The molecule has 0 spiro atoms. The summed E-state index contributed by atoms with van der Waals surface area (Å²) in [4.78, 5) is 14.1. The molecule has 2 aliphatic rings. The molecule has 1 saturated heterocycles. The van der Waals surface area contributed by atoms with E-state index in [4.69, 9.17) is 4.74 Å². The third-order valence-electron chi connectivity index (χ3n) is 4.53. The van der Waals surface area contributed by atoms with Crippen LogP contribution in [0.3, 0.4) is 0 Å². The van der Waals surface area contributed by atoms with Crippen LogP contribution < -0.4 is 5.32 Å². The topological polar surface area (TPSA) is 41.6 Å². The predicted octanol–water partition coefficient (Wildman–Crippen LogP) is 2.62. The van der Waals surface area contributed by atoms with E-state index < -0.39 is 0 Å². The van der Waals surface area contributed by atoms with E-state index in [0.29, 0.717) is 13.2 Å². The van der Waals surface area contributed by atoms with Crippen LogP contribution in [0.1, 0.15) is 31.2 Å². The molecule has 1 heterocycles. The van der Waals surface area contributed by atoms with Gasteiger partial charge in [0.2, 0.25) is 5.91 Å². The first-order valence-corrected chi connectivity index (χ1v) is 8.45. The lowest BCUT2D eigenvalue weighted by Crippen LogP contribution is -2.44. The lowest BCUT2D eigenvalue weighted by molar-refractivity contribution is -0.133. The molecule has 0 radical (unpaired) electrons. The number of hydrogen-bond donors (Lipinski definition) is 1. The van der Waals surface area contributed by atoms with Crippen molar-refractivity contribution in [3.63, 3.8) is 0 Å². The van der Waals surface area contributed by atoms with Gasteiger partial charge in [-0.1, -0.05) is 30.3 Å². The molecule has 4 nitrogen and oxygen atoms in total. The molecule has 1 amide bonds. The smallest absolute Gasteiger partial charge is 0.236 e. The summed E-state index contributed by atoms with van der Waals surface area (Å²) in [7, 11) is 0. The number of nitrogens with zero attached hydrogens (tertiary/aromatic N) is 1. The Labute approximate surface area is 145 Å². The minimum atomic E-state index is 0. The van der Waals surface area contributed by atoms with E-state index >= 15 is 0 Å². The fourth-order valence-corrected chi connectivity index (χ4v) is 2.88. The molecule has 0 atom stereocenters. The van der Waals surface area contributed by atoms with Crippen LogP contribution in [0.25, 0.3) is 0 Å². The van der Waals surface area contributed by atoms with Crippen LogP contribution in [0.5, 0.6) is 0 Å². The number of benzene rings is 1. The van der Waals surface area contributed by atoms with Crippen molar-refractivity contribution in [2.45, 2.75) is 38.4 Å². The van der Waals surface area contributed by atoms with Gasteiger partial charge in [-0.3, -0.25) is 4.79 Å². The van der Waals surface area contributed by atoms with E-state index in [-0.39, 0.29) is 24.4 Å². The number of ether oxygens (including phenoxy) is 1. The Kier molecular flexibility index (Phi) is 7.34. The Hall–Kier alpha value is -1.10. The summed E-state index contributed by atoms with van der Waals surface area (Å²) in [5, 5.41) is 3.28. The number of piperidine rings is 1. The predicted molar refractivity (Wildman–Crippen MR) is 93.7 cm³/mol. The molecule has 1 aromatic carbocycles. The molecular formula is C18H27ClN2O2. The van der Waals surface area contributed by atoms with Gasteiger partial charge in [-0.25, -0.2) is 0 Å². The number of carbonyl (C=O) groups is 1. The van der Waals surface area contributed by atoms with Crippen molar-refractivity contribution < 1.29 is 9.53 Å². The van der Waals surface area contributed by atoms with Crippen LogP contribution in [0.15, 0.2) is 30.3 Å². The molecule has 128 valence electrons. The molecule has 0 aromatic heterocycles. The number of nitrogens with one attached hydrogen (secondary N) is 1. The molecular weight excluding hydrogens is 312 g/mol. The van der Waals surface area contributed by atoms with Crippen molar-refractivity contribution in [2.24, 2.45) is 5.92 Å². The van der Waals surface area contributed by atoms with E-state index in [0.717, 1.165) is 38.4 Å². The van der Waals surface area contributed by atoms with Gasteiger partial charge in [0.1, 0.15) is 0 Å². The Bertz CT molecular complexity index is 471. The third kappa shape index (κ3) is 6.13. The third-order valence-corrected chi connectivity index (χ3v) is 4.53. The molecule has 1 aliphatic carbocycles. The SMILES string of the molecule is Cl.O=C(CNCC1CC1)N1CCC(OCc2ccccc2)CC1. The summed E-state index contributed by atoms with van der Waals surface area (Å²) >= 11 is 0. The number of halogens is 1. The highest BCUT2D eigenvalue weighted by molar-refractivity contribution is 5.85. The van der Waals surface area contributed by atoms with Crippen LogP contribution in [0.4, 0.5) is 0 Å². The molecule has 1 aromatic rings. The molecule has 1 saturated carbocycles. The molecule has 23 heavy (non-hydrogen) atoms. The zero-order chi connectivity index (χ0) is 15.2. The summed E-state index contributed by atoms with van der Waals surface area (Å²) < 4.78 is 5.96. The van der Waals surface area contributed by atoms with Crippen molar-refractivity contribution in [1.82, 2.24) is 10.2 Å². The fraction of sp³-hybridized carbons (Fsp3) is 0.611. The first-order chi connectivity index (χ1) is 10.8. The first kappa shape index (κ1) is 18.2. The summed E-state index contributed by atoms with van der Waals surface area (Å²) in [5.41, 5.74) is 1.21. The number of amides is 1. The molecule has 0 bridgehead atoms. The van der Waals surface area contributed by atoms with Crippen LogP contribution in [-0.4, -0.2) is 43.1 Å². The Morgan fingerprint density at radius 3 is 2.48 bits per heavy atom. The van der Waals surface area contributed by atoms with Crippen molar-refractivity contribution in [3.05, 3.63) is 35.9 Å². The van der Waals surface area contributed by atoms with Crippen LogP contribution in [0, 0.1) is 5.92 Å². The summed E-state index contributed by atoms with van der Waals surface area (Å²) in [6, 6.07) is 10.3. The lowest BCUT2D eigenvalue weighted by atomic mass is 10.1.